The molecule has 3 aromatic heterocycles. The second-order valence-electron chi connectivity index (χ2n) is 14.5. The summed E-state index contributed by atoms with van der Waals surface area (Å²) in [7, 11) is 2.47. The molecule has 1 unspecified atom stereocenters. The van der Waals surface area contributed by atoms with E-state index in [1.165, 1.54) is 0 Å². The predicted octanol–water partition coefficient (Wildman–Crippen LogP) is 5.88. The lowest BCUT2D eigenvalue weighted by molar-refractivity contribution is 0.0878. The first kappa shape index (κ1) is 33.4. The third kappa shape index (κ3) is 7.26. The maximum absolute atomic E-state index is 14.5. The van der Waals surface area contributed by atoms with Gasteiger partial charge in [-0.25, -0.2) is 13.8 Å². The Hall–Kier alpha value is -4.14. The fourth-order valence-corrected chi connectivity index (χ4v) is 7.02. The molecule has 14 heteroatoms. The number of hydrogen-bond donors (Lipinski definition) is 0. The van der Waals surface area contributed by atoms with Crippen LogP contribution in [0.1, 0.15) is 29.3 Å². The highest BCUT2D eigenvalue weighted by molar-refractivity contribution is 6.76. The lowest BCUT2D eigenvalue weighted by Crippen LogP contribution is -2.45. The molecule has 0 radical (unpaired) electrons. The standard InChI is InChI=1S/C35H45F2N9O2Si/c1-42-14-16-43(17-15-42)33-40-32-27(28-20-35(28,36)37)21-38-46(32)34(41-33)44(22-25-10-12-26(47-2)13-11-25)23-31-39-29-8-6-7-9-30(29)45(31)24-48-18-19-49(3,4)5/h6-13,21,28H,14-20,22-24H2,1-5H3. The fraction of sp³-hybridized carbons (Fsp3) is 0.486. The average molecular weight is 690 g/mol. The van der Waals surface area contributed by atoms with Crippen LogP contribution in [0.15, 0.2) is 54.7 Å². The van der Waals surface area contributed by atoms with Crippen molar-refractivity contribution in [2.45, 2.75) is 63.8 Å². The Kier molecular flexibility index (Phi) is 9.05. The number of likely N-dealkylation sites (N-methyl/N-ethyl adjacent to an activating group) is 1. The van der Waals surface area contributed by atoms with E-state index in [4.69, 9.17) is 24.4 Å². The SMILES string of the molecule is COc1ccc(CN(Cc2nc3ccccc3n2COCC[Si](C)(C)C)c2nc(N3CCN(C)CC3)nc3c(C4CC4(F)F)cnn23)cc1. The number of para-hydroxylation sites is 2. The first-order chi connectivity index (χ1) is 23.5. The van der Waals surface area contributed by atoms with E-state index in [2.05, 4.69) is 57.1 Å². The van der Waals surface area contributed by atoms with Gasteiger partial charge in [-0.3, -0.25) is 0 Å². The summed E-state index contributed by atoms with van der Waals surface area (Å²) in [4.78, 5) is 21.6. The molecule has 2 aliphatic rings. The van der Waals surface area contributed by atoms with Gasteiger partial charge < -0.3 is 28.7 Å². The normalized spacial score (nSPS) is 18.0. The summed E-state index contributed by atoms with van der Waals surface area (Å²) >= 11 is 0. The molecule has 2 fully saturated rings. The molecule has 4 heterocycles. The van der Waals surface area contributed by atoms with Gasteiger partial charge >= 0.3 is 0 Å². The molecular formula is C35H45F2N9O2Si. The van der Waals surface area contributed by atoms with E-state index in [1.54, 1.807) is 17.8 Å². The second kappa shape index (κ2) is 13.3. The highest BCUT2D eigenvalue weighted by Crippen LogP contribution is 2.56. The number of alkyl halides is 2. The molecular weight excluding hydrogens is 645 g/mol. The minimum absolute atomic E-state index is 0.200. The number of benzene rings is 2. The quantitative estimate of drug-likeness (QED) is 0.111. The first-order valence-electron chi connectivity index (χ1n) is 17.0. The molecule has 0 amide bonds. The molecule has 5 aromatic rings. The molecule has 2 aromatic carbocycles. The zero-order valence-electron chi connectivity index (χ0n) is 28.9. The van der Waals surface area contributed by atoms with Crippen LogP contribution in [0.5, 0.6) is 5.75 Å². The van der Waals surface area contributed by atoms with Gasteiger partial charge in [0, 0.05) is 59.4 Å². The van der Waals surface area contributed by atoms with Crippen molar-refractivity contribution in [3.63, 3.8) is 0 Å². The summed E-state index contributed by atoms with van der Waals surface area (Å²) in [5, 5.41) is 4.65. The molecule has 0 spiro atoms. The Morgan fingerprint density at radius 1 is 0.959 bits per heavy atom. The molecule has 1 saturated carbocycles. The third-order valence-corrected chi connectivity index (χ3v) is 11.2. The Balaban J connectivity index is 1.32. The monoisotopic (exact) mass is 689 g/mol. The number of imidazole rings is 1. The molecule has 1 aliphatic heterocycles. The number of halogens is 2. The maximum Gasteiger partial charge on any atom is 0.256 e. The number of nitrogens with zero attached hydrogens (tertiary/aromatic N) is 9. The van der Waals surface area contributed by atoms with Gasteiger partial charge in [-0.15, -0.1) is 0 Å². The van der Waals surface area contributed by atoms with Crippen LogP contribution in [-0.2, 0) is 24.6 Å². The Morgan fingerprint density at radius 3 is 2.39 bits per heavy atom. The summed E-state index contributed by atoms with van der Waals surface area (Å²) < 4.78 is 44.4. The molecule has 1 atom stereocenters. The lowest BCUT2D eigenvalue weighted by atomic mass is 10.2. The van der Waals surface area contributed by atoms with Gasteiger partial charge in [-0.05, 0) is 42.9 Å². The molecule has 49 heavy (non-hydrogen) atoms. The number of aromatic nitrogens is 6. The van der Waals surface area contributed by atoms with Crippen molar-refractivity contribution in [3.8, 4) is 5.75 Å². The Labute approximate surface area is 286 Å². The number of rotatable bonds is 13. The van der Waals surface area contributed by atoms with Crippen LogP contribution in [-0.4, -0.2) is 95.0 Å². The smallest absolute Gasteiger partial charge is 0.256 e. The van der Waals surface area contributed by atoms with E-state index in [1.807, 2.05) is 42.5 Å². The number of ether oxygens (including phenoxy) is 2. The van der Waals surface area contributed by atoms with Crippen LogP contribution in [0.3, 0.4) is 0 Å². The number of hydrogen-bond acceptors (Lipinski definition) is 9. The number of fused-ring (bicyclic) bond motifs is 2. The highest BCUT2D eigenvalue weighted by atomic mass is 28.3. The van der Waals surface area contributed by atoms with E-state index in [0.29, 0.717) is 49.5 Å². The molecule has 11 nitrogen and oxygen atoms in total. The summed E-state index contributed by atoms with van der Waals surface area (Å²) in [6.45, 7) is 12.1. The Bertz CT molecular complexity index is 1920. The minimum Gasteiger partial charge on any atom is -0.497 e. The van der Waals surface area contributed by atoms with E-state index in [0.717, 1.165) is 60.4 Å². The minimum atomic E-state index is -2.76. The molecule has 1 saturated heterocycles. The third-order valence-electron chi connectivity index (χ3n) is 9.45. The summed E-state index contributed by atoms with van der Waals surface area (Å²) in [6, 6.07) is 17.0. The van der Waals surface area contributed by atoms with E-state index >= 15 is 0 Å². The topological polar surface area (TPSA) is 89.1 Å². The largest absolute Gasteiger partial charge is 0.497 e. The van der Waals surface area contributed by atoms with Gasteiger partial charge in [-0.2, -0.15) is 19.6 Å². The van der Waals surface area contributed by atoms with Crippen LogP contribution in [0.4, 0.5) is 20.7 Å². The van der Waals surface area contributed by atoms with Gasteiger partial charge in [0.25, 0.3) is 5.92 Å². The van der Waals surface area contributed by atoms with Crippen molar-refractivity contribution in [2.24, 2.45) is 0 Å². The van der Waals surface area contributed by atoms with Gasteiger partial charge in [0.05, 0.1) is 36.8 Å². The van der Waals surface area contributed by atoms with Crippen LogP contribution in [0.25, 0.3) is 16.7 Å². The second-order valence-corrected chi connectivity index (χ2v) is 20.1. The molecule has 7 rings (SSSR count). The van der Waals surface area contributed by atoms with Crippen LogP contribution >= 0.6 is 0 Å². The van der Waals surface area contributed by atoms with Crippen LogP contribution in [0, 0.1) is 0 Å². The van der Waals surface area contributed by atoms with Crippen molar-refractivity contribution >= 4 is 36.7 Å². The summed E-state index contributed by atoms with van der Waals surface area (Å²) in [5.74, 6) is -1.06. The lowest BCUT2D eigenvalue weighted by Gasteiger charge is -2.33. The van der Waals surface area contributed by atoms with Crippen molar-refractivity contribution < 1.29 is 18.3 Å². The summed E-state index contributed by atoms with van der Waals surface area (Å²) in [6.07, 6.45) is 1.34. The van der Waals surface area contributed by atoms with E-state index < -0.39 is 19.9 Å². The molecule has 0 bridgehead atoms. The predicted molar refractivity (Wildman–Crippen MR) is 190 cm³/mol. The zero-order chi connectivity index (χ0) is 34.3. The average Bonchev–Trinajstić information content (AvgIpc) is 3.37. The first-order valence-corrected chi connectivity index (χ1v) is 20.7. The molecule has 260 valence electrons. The molecule has 1 aliphatic carbocycles. The van der Waals surface area contributed by atoms with E-state index in [9.17, 15) is 8.78 Å². The zero-order valence-corrected chi connectivity index (χ0v) is 29.9. The van der Waals surface area contributed by atoms with Crippen molar-refractivity contribution in [3.05, 3.63) is 71.7 Å². The van der Waals surface area contributed by atoms with Gasteiger partial charge in [0.2, 0.25) is 11.9 Å². The van der Waals surface area contributed by atoms with Gasteiger partial charge in [-0.1, -0.05) is 43.9 Å². The number of piperazine rings is 1. The summed E-state index contributed by atoms with van der Waals surface area (Å²) in [5.41, 5.74) is 3.75. The van der Waals surface area contributed by atoms with Gasteiger partial charge in [0.1, 0.15) is 18.3 Å². The van der Waals surface area contributed by atoms with Gasteiger partial charge in [0.15, 0.2) is 5.65 Å². The van der Waals surface area contributed by atoms with Crippen LogP contribution in [0.2, 0.25) is 25.7 Å². The maximum atomic E-state index is 14.5. The Morgan fingerprint density at radius 2 is 1.69 bits per heavy atom. The van der Waals surface area contributed by atoms with Crippen molar-refractivity contribution in [2.75, 3.05) is 56.7 Å². The van der Waals surface area contributed by atoms with Crippen LogP contribution < -0.4 is 14.5 Å². The number of methoxy groups -OCH3 is 1. The van der Waals surface area contributed by atoms with Crippen molar-refractivity contribution in [1.82, 2.24) is 34.0 Å². The van der Waals surface area contributed by atoms with E-state index in [-0.39, 0.29) is 6.42 Å². The molecule has 0 N–H and O–H groups in total. The fourth-order valence-electron chi connectivity index (χ4n) is 6.26. The number of anilines is 2. The van der Waals surface area contributed by atoms with Crippen molar-refractivity contribution in [1.29, 1.82) is 0 Å². The highest BCUT2D eigenvalue weighted by Gasteiger charge is 2.59.